The molecule has 1 saturated carbocycles. The van der Waals surface area contributed by atoms with Gasteiger partial charge in [-0.2, -0.15) is 0 Å². The fourth-order valence-electron chi connectivity index (χ4n) is 2.16. The Morgan fingerprint density at radius 3 is 2.71 bits per heavy atom. The monoisotopic (exact) mass is 273 g/mol. The smallest absolute Gasteiger partial charge is 0.0701 e. The van der Waals surface area contributed by atoms with Crippen LogP contribution >= 0.6 is 27.3 Å². The third-order valence-corrected chi connectivity index (χ3v) is 4.78. The summed E-state index contributed by atoms with van der Waals surface area (Å²) in [5, 5.41) is 3.28. The highest BCUT2D eigenvalue weighted by molar-refractivity contribution is 9.11. The Balaban J connectivity index is 1.86. The molecule has 2 rings (SSSR count). The van der Waals surface area contributed by atoms with E-state index in [0.29, 0.717) is 0 Å². The molecule has 78 valence electrons. The molecule has 0 aromatic carbocycles. The topological polar surface area (TPSA) is 12.0 Å². The normalized spacial score (nSPS) is 26.1. The molecule has 2 unspecified atom stereocenters. The van der Waals surface area contributed by atoms with E-state index in [0.717, 1.165) is 11.8 Å². The van der Waals surface area contributed by atoms with Crippen LogP contribution in [0.25, 0.3) is 0 Å². The van der Waals surface area contributed by atoms with Gasteiger partial charge in [0, 0.05) is 4.88 Å². The van der Waals surface area contributed by atoms with Crippen LogP contribution in [0.3, 0.4) is 0 Å². The second-order valence-electron chi connectivity index (χ2n) is 4.07. The molecule has 0 bridgehead atoms. The van der Waals surface area contributed by atoms with Gasteiger partial charge in [-0.25, -0.2) is 0 Å². The number of hydrogen-bond acceptors (Lipinski definition) is 2. The largest absolute Gasteiger partial charge is 0.319 e. The molecule has 1 aromatic rings. The van der Waals surface area contributed by atoms with E-state index in [-0.39, 0.29) is 0 Å². The first-order valence-corrected chi connectivity index (χ1v) is 6.79. The minimum Gasteiger partial charge on any atom is -0.319 e. The SMILES string of the molecule is CNCC1CCC1Cc1ccc(Br)s1. The van der Waals surface area contributed by atoms with E-state index in [1.807, 2.05) is 11.3 Å². The summed E-state index contributed by atoms with van der Waals surface area (Å²) in [6.07, 6.45) is 4.11. The zero-order chi connectivity index (χ0) is 9.97. The van der Waals surface area contributed by atoms with Crippen LogP contribution in [-0.4, -0.2) is 13.6 Å². The first kappa shape index (κ1) is 10.7. The van der Waals surface area contributed by atoms with Crippen LogP contribution in [0, 0.1) is 11.8 Å². The highest BCUT2D eigenvalue weighted by Gasteiger charge is 2.30. The van der Waals surface area contributed by atoms with Crippen molar-refractivity contribution in [2.24, 2.45) is 11.8 Å². The highest BCUT2D eigenvalue weighted by Crippen LogP contribution is 2.38. The molecule has 1 aliphatic carbocycles. The molecule has 1 nitrogen and oxygen atoms in total. The molecule has 3 heteroatoms. The van der Waals surface area contributed by atoms with Crippen molar-refractivity contribution in [3.63, 3.8) is 0 Å². The van der Waals surface area contributed by atoms with Gasteiger partial charge in [-0.05, 0) is 72.8 Å². The second-order valence-corrected chi connectivity index (χ2v) is 6.61. The summed E-state index contributed by atoms with van der Waals surface area (Å²) in [5.74, 6) is 1.84. The van der Waals surface area contributed by atoms with Crippen LogP contribution in [0.2, 0.25) is 0 Å². The number of halogens is 1. The first-order chi connectivity index (χ1) is 6.79. The lowest BCUT2D eigenvalue weighted by atomic mass is 9.71. The maximum Gasteiger partial charge on any atom is 0.0701 e. The van der Waals surface area contributed by atoms with Crippen molar-refractivity contribution in [2.75, 3.05) is 13.6 Å². The fourth-order valence-corrected chi connectivity index (χ4v) is 3.73. The van der Waals surface area contributed by atoms with Crippen LogP contribution in [0.5, 0.6) is 0 Å². The fraction of sp³-hybridized carbons (Fsp3) is 0.636. The van der Waals surface area contributed by atoms with Gasteiger partial charge in [-0.15, -0.1) is 11.3 Å². The first-order valence-electron chi connectivity index (χ1n) is 5.18. The summed E-state index contributed by atoms with van der Waals surface area (Å²) in [5.41, 5.74) is 0. The Hall–Kier alpha value is 0.140. The zero-order valence-electron chi connectivity index (χ0n) is 8.42. The lowest BCUT2D eigenvalue weighted by Gasteiger charge is -2.36. The third kappa shape index (κ3) is 2.38. The Morgan fingerprint density at radius 1 is 1.43 bits per heavy atom. The van der Waals surface area contributed by atoms with Gasteiger partial charge in [-0.1, -0.05) is 0 Å². The van der Waals surface area contributed by atoms with Gasteiger partial charge < -0.3 is 5.32 Å². The molecule has 1 heterocycles. The predicted molar refractivity (Wildman–Crippen MR) is 65.9 cm³/mol. The summed E-state index contributed by atoms with van der Waals surface area (Å²) in [4.78, 5) is 1.53. The van der Waals surface area contributed by atoms with Crippen LogP contribution < -0.4 is 5.32 Å². The standard InChI is InChI=1S/C11H16BrNS/c1-13-7-9-3-2-8(9)6-10-4-5-11(12)14-10/h4-5,8-9,13H,2-3,6-7H2,1H3. The number of thiophene rings is 1. The average molecular weight is 274 g/mol. The van der Waals surface area contributed by atoms with E-state index in [1.165, 1.54) is 34.5 Å². The van der Waals surface area contributed by atoms with Gasteiger partial charge in [-0.3, -0.25) is 0 Å². The lowest BCUT2D eigenvalue weighted by molar-refractivity contribution is 0.175. The van der Waals surface area contributed by atoms with E-state index in [9.17, 15) is 0 Å². The third-order valence-electron chi connectivity index (χ3n) is 3.13. The van der Waals surface area contributed by atoms with Crippen molar-refractivity contribution in [3.05, 3.63) is 20.8 Å². The molecule has 1 aromatic heterocycles. The van der Waals surface area contributed by atoms with Crippen molar-refractivity contribution >= 4 is 27.3 Å². The van der Waals surface area contributed by atoms with E-state index in [2.05, 4.69) is 40.4 Å². The second kappa shape index (κ2) is 4.77. The highest BCUT2D eigenvalue weighted by atomic mass is 79.9. The van der Waals surface area contributed by atoms with Gasteiger partial charge in [0.1, 0.15) is 0 Å². The van der Waals surface area contributed by atoms with E-state index in [4.69, 9.17) is 0 Å². The van der Waals surface area contributed by atoms with Gasteiger partial charge in [0.2, 0.25) is 0 Å². The van der Waals surface area contributed by atoms with Crippen molar-refractivity contribution in [1.29, 1.82) is 0 Å². The molecular weight excluding hydrogens is 258 g/mol. The van der Waals surface area contributed by atoms with Crippen molar-refractivity contribution in [2.45, 2.75) is 19.3 Å². The van der Waals surface area contributed by atoms with Crippen LogP contribution in [0.15, 0.2) is 15.9 Å². The number of rotatable bonds is 4. The van der Waals surface area contributed by atoms with Gasteiger partial charge in [0.15, 0.2) is 0 Å². The minimum atomic E-state index is 0.917. The van der Waals surface area contributed by atoms with Gasteiger partial charge in [0.05, 0.1) is 3.79 Å². The van der Waals surface area contributed by atoms with Crippen molar-refractivity contribution in [3.8, 4) is 0 Å². The molecule has 1 N–H and O–H groups in total. The summed E-state index contributed by atoms with van der Waals surface area (Å²) in [6, 6.07) is 4.41. The summed E-state index contributed by atoms with van der Waals surface area (Å²) < 4.78 is 1.26. The molecule has 0 radical (unpaired) electrons. The Bertz CT molecular complexity index is 297. The molecule has 0 spiro atoms. The van der Waals surface area contributed by atoms with E-state index >= 15 is 0 Å². The summed E-state index contributed by atoms with van der Waals surface area (Å²) in [6.45, 7) is 1.19. The molecule has 0 amide bonds. The Labute approximate surface area is 98.0 Å². The van der Waals surface area contributed by atoms with Crippen molar-refractivity contribution in [1.82, 2.24) is 5.32 Å². The molecule has 0 aliphatic heterocycles. The summed E-state index contributed by atoms with van der Waals surface area (Å²) >= 11 is 5.40. The van der Waals surface area contributed by atoms with E-state index in [1.54, 1.807) is 0 Å². The maximum atomic E-state index is 3.51. The minimum absolute atomic E-state index is 0.917. The molecule has 1 aliphatic rings. The predicted octanol–water partition coefficient (Wildman–Crippen LogP) is 3.30. The molecule has 2 atom stereocenters. The molecule has 1 fully saturated rings. The quantitative estimate of drug-likeness (QED) is 0.888. The Kier molecular flexibility index (Phi) is 3.63. The lowest BCUT2D eigenvalue weighted by Crippen LogP contribution is -2.34. The maximum absolute atomic E-state index is 3.51. The summed E-state index contributed by atoms with van der Waals surface area (Å²) in [7, 11) is 2.05. The van der Waals surface area contributed by atoms with Crippen LogP contribution in [-0.2, 0) is 6.42 Å². The van der Waals surface area contributed by atoms with Crippen LogP contribution in [0.4, 0.5) is 0 Å². The Morgan fingerprint density at radius 2 is 2.21 bits per heavy atom. The molecule has 14 heavy (non-hydrogen) atoms. The van der Waals surface area contributed by atoms with Gasteiger partial charge >= 0.3 is 0 Å². The van der Waals surface area contributed by atoms with Crippen molar-refractivity contribution < 1.29 is 0 Å². The van der Waals surface area contributed by atoms with E-state index < -0.39 is 0 Å². The molecule has 0 saturated heterocycles. The van der Waals surface area contributed by atoms with Crippen LogP contribution in [0.1, 0.15) is 17.7 Å². The van der Waals surface area contributed by atoms with Gasteiger partial charge in [0.25, 0.3) is 0 Å². The number of nitrogens with one attached hydrogen (secondary N) is 1. The zero-order valence-corrected chi connectivity index (χ0v) is 10.8. The average Bonchev–Trinajstić information content (AvgIpc) is 2.55. The number of hydrogen-bond donors (Lipinski definition) is 1. The molecular formula is C11H16BrNS.